The topological polar surface area (TPSA) is 27.7 Å². The molecule has 0 radical (unpaired) electrons. The maximum atomic E-state index is 5.73. The number of hydrogen-bond donors (Lipinski definition) is 0. The Labute approximate surface area is 95.9 Å². The summed E-state index contributed by atoms with van der Waals surface area (Å²) in [5, 5.41) is 0. The van der Waals surface area contributed by atoms with Gasteiger partial charge in [-0.05, 0) is 0 Å². The van der Waals surface area contributed by atoms with E-state index in [0.29, 0.717) is 29.9 Å². The third kappa shape index (κ3) is 0.873. The van der Waals surface area contributed by atoms with E-state index in [9.17, 15) is 0 Å². The minimum atomic E-state index is -0.192. The van der Waals surface area contributed by atoms with Crippen molar-refractivity contribution in [3.05, 3.63) is 11.8 Å². The molecular weight excluding hydrogens is 314 g/mol. The molecule has 78 valence electrons. The minimum absolute atomic E-state index is 0.0134. The average molecular weight is 326 g/mol. The van der Waals surface area contributed by atoms with Crippen molar-refractivity contribution in [3.63, 3.8) is 0 Å². The van der Waals surface area contributed by atoms with Crippen molar-refractivity contribution in [1.29, 1.82) is 0 Å². The molecule has 0 amide bonds. The molecule has 2 saturated heterocycles. The van der Waals surface area contributed by atoms with Crippen LogP contribution >= 0.6 is 0 Å². The molecular formula is C9H12O3Se2. The van der Waals surface area contributed by atoms with Gasteiger partial charge < -0.3 is 0 Å². The molecule has 3 aliphatic rings. The van der Waals surface area contributed by atoms with E-state index in [1.165, 1.54) is 0 Å². The van der Waals surface area contributed by atoms with Crippen LogP contribution in [0.1, 0.15) is 0 Å². The van der Waals surface area contributed by atoms with E-state index in [1.54, 1.807) is 14.2 Å². The SMILES string of the molecule is COC1=CC2[Se]C2C2(OC)[Se]C12OC. The first kappa shape index (κ1) is 9.71. The van der Waals surface area contributed by atoms with Gasteiger partial charge in [0.1, 0.15) is 0 Å². The molecule has 4 atom stereocenters. The second-order valence-electron chi connectivity index (χ2n) is 3.55. The predicted molar refractivity (Wildman–Crippen MR) is 53.6 cm³/mol. The van der Waals surface area contributed by atoms with Crippen LogP contribution in [0.4, 0.5) is 0 Å². The van der Waals surface area contributed by atoms with E-state index in [0.717, 1.165) is 15.4 Å². The van der Waals surface area contributed by atoms with Crippen LogP contribution < -0.4 is 0 Å². The number of hydrogen-bond acceptors (Lipinski definition) is 3. The molecule has 0 bridgehead atoms. The van der Waals surface area contributed by atoms with E-state index in [4.69, 9.17) is 14.2 Å². The van der Waals surface area contributed by atoms with Gasteiger partial charge in [0.15, 0.2) is 0 Å². The Kier molecular flexibility index (Phi) is 1.93. The predicted octanol–water partition coefficient (Wildman–Crippen LogP) is 0.228. The zero-order valence-corrected chi connectivity index (χ0v) is 11.7. The molecule has 0 aromatic heterocycles. The molecule has 1 aliphatic carbocycles. The van der Waals surface area contributed by atoms with Gasteiger partial charge in [-0.1, -0.05) is 0 Å². The number of ether oxygens (including phenoxy) is 3. The number of methoxy groups -OCH3 is 3. The van der Waals surface area contributed by atoms with Crippen molar-refractivity contribution in [2.24, 2.45) is 0 Å². The van der Waals surface area contributed by atoms with E-state index >= 15 is 0 Å². The summed E-state index contributed by atoms with van der Waals surface area (Å²) in [4.78, 5) is 1.49. The van der Waals surface area contributed by atoms with Crippen molar-refractivity contribution in [2.45, 2.75) is 18.6 Å². The van der Waals surface area contributed by atoms with E-state index < -0.39 is 0 Å². The standard InChI is InChI=1S/C9H12O3Se2/c1-10-6-4-5-7(13-5)9(12-3)8(6,11-2)14-9/h4-5,7H,1-3H3. The van der Waals surface area contributed by atoms with Crippen LogP contribution in [0.5, 0.6) is 0 Å². The summed E-state index contributed by atoms with van der Waals surface area (Å²) in [6, 6.07) is 0. The van der Waals surface area contributed by atoms with Gasteiger partial charge in [-0.3, -0.25) is 0 Å². The third-order valence-electron chi connectivity index (χ3n) is 3.06. The molecule has 2 aliphatic heterocycles. The zero-order chi connectivity index (χ0) is 9.97. The summed E-state index contributed by atoms with van der Waals surface area (Å²) in [5.41, 5.74) is 0. The van der Waals surface area contributed by atoms with Crippen LogP contribution in [0.2, 0.25) is 9.63 Å². The molecule has 5 heteroatoms. The fourth-order valence-corrected chi connectivity index (χ4v) is 9.68. The Morgan fingerprint density at radius 3 is 2.64 bits per heavy atom. The summed E-state index contributed by atoms with van der Waals surface area (Å²) in [6.45, 7) is 0. The van der Waals surface area contributed by atoms with Crippen molar-refractivity contribution in [3.8, 4) is 0 Å². The normalized spacial score (nSPS) is 52.9. The number of allylic oxidation sites excluding steroid dienone is 1. The molecule has 0 aromatic carbocycles. The summed E-state index contributed by atoms with van der Waals surface area (Å²) < 4.78 is 16.7. The van der Waals surface area contributed by atoms with Crippen LogP contribution in [0.25, 0.3) is 0 Å². The molecule has 0 spiro atoms. The molecule has 0 N–H and O–H groups in total. The van der Waals surface area contributed by atoms with Crippen molar-refractivity contribution < 1.29 is 14.2 Å². The molecule has 4 unspecified atom stereocenters. The monoisotopic (exact) mass is 328 g/mol. The van der Waals surface area contributed by atoms with Crippen molar-refractivity contribution >= 4 is 29.9 Å². The van der Waals surface area contributed by atoms with Crippen LogP contribution in [-0.4, -0.2) is 60.2 Å². The fourth-order valence-electron chi connectivity index (χ4n) is 2.25. The van der Waals surface area contributed by atoms with Gasteiger partial charge in [0.05, 0.1) is 0 Å². The van der Waals surface area contributed by atoms with Crippen LogP contribution in [-0.2, 0) is 14.2 Å². The van der Waals surface area contributed by atoms with Crippen LogP contribution in [0, 0.1) is 0 Å². The Morgan fingerprint density at radius 2 is 2.07 bits per heavy atom. The Hall–Kier alpha value is 0.499. The molecule has 3 rings (SSSR count). The molecule has 14 heavy (non-hydrogen) atoms. The van der Waals surface area contributed by atoms with Crippen LogP contribution in [0.15, 0.2) is 11.8 Å². The zero-order valence-electron chi connectivity index (χ0n) is 8.27. The third-order valence-corrected chi connectivity index (χ3v) is 10.3. The summed E-state index contributed by atoms with van der Waals surface area (Å²) in [7, 11) is 5.31. The van der Waals surface area contributed by atoms with E-state index in [2.05, 4.69) is 6.08 Å². The van der Waals surface area contributed by atoms with Crippen LogP contribution in [0.3, 0.4) is 0 Å². The summed E-state index contributed by atoms with van der Waals surface area (Å²) >= 11 is 1.08. The van der Waals surface area contributed by atoms with Gasteiger partial charge in [-0.15, -0.1) is 0 Å². The van der Waals surface area contributed by atoms with Crippen molar-refractivity contribution in [1.82, 2.24) is 0 Å². The quantitative estimate of drug-likeness (QED) is 0.695. The number of rotatable bonds is 3. The maximum absolute atomic E-state index is 5.73. The molecule has 0 aromatic rings. The molecule has 2 heterocycles. The summed E-state index contributed by atoms with van der Waals surface area (Å²) in [6.07, 6.45) is 2.26. The molecule has 0 saturated carbocycles. The Morgan fingerprint density at radius 1 is 1.29 bits per heavy atom. The second-order valence-corrected chi connectivity index (χ2v) is 9.24. The van der Waals surface area contributed by atoms with Gasteiger partial charge >= 0.3 is 95.9 Å². The Bertz CT molecular complexity index is 319. The van der Waals surface area contributed by atoms with Gasteiger partial charge in [-0.2, -0.15) is 0 Å². The second kappa shape index (κ2) is 2.79. The number of fused-ring (bicyclic) bond motifs is 3. The first-order valence-electron chi connectivity index (χ1n) is 4.46. The first-order valence-corrected chi connectivity index (χ1v) is 8.15. The van der Waals surface area contributed by atoms with Gasteiger partial charge in [0.25, 0.3) is 0 Å². The van der Waals surface area contributed by atoms with E-state index in [1.807, 2.05) is 7.11 Å². The average Bonchev–Trinajstić information content (AvgIpc) is 3.08. The van der Waals surface area contributed by atoms with Crippen molar-refractivity contribution in [2.75, 3.05) is 21.3 Å². The summed E-state index contributed by atoms with van der Waals surface area (Å²) in [5.74, 6) is 1.02. The first-order chi connectivity index (χ1) is 6.74. The molecule has 2 fully saturated rings. The van der Waals surface area contributed by atoms with Gasteiger partial charge in [-0.25, -0.2) is 0 Å². The van der Waals surface area contributed by atoms with Gasteiger partial charge in [0, 0.05) is 0 Å². The fraction of sp³-hybridized carbons (Fsp3) is 0.778. The van der Waals surface area contributed by atoms with Gasteiger partial charge in [0.2, 0.25) is 0 Å². The van der Waals surface area contributed by atoms with E-state index in [-0.39, 0.29) is 9.00 Å². The molecule has 3 nitrogen and oxygen atoms in total. The Balaban J connectivity index is 2.03.